The molecule has 1 fully saturated rings. The number of halogens is 1. The first kappa shape index (κ1) is 14.7. The van der Waals surface area contributed by atoms with Crippen LogP contribution < -0.4 is 4.90 Å². The number of benzene rings is 1. The van der Waals surface area contributed by atoms with E-state index in [0.29, 0.717) is 13.0 Å². The van der Waals surface area contributed by atoms with E-state index in [4.69, 9.17) is 5.26 Å². The van der Waals surface area contributed by atoms with Crippen LogP contribution in [0.4, 0.5) is 5.69 Å². The molecule has 1 aromatic carbocycles. The fourth-order valence-electron chi connectivity index (χ4n) is 2.41. The van der Waals surface area contributed by atoms with Gasteiger partial charge in [-0.1, -0.05) is 12.1 Å². The zero-order chi connectivity index (χ0) is 14.7. The number of amides is 1. The van der Waals surface area contributed by atoms with Crippen LogP contribution in [0.2, 0.25) is 0 Å². The molecule has 0 aromatic heterocycles. The molecule has 2 rings (SSSR count). The van der Waals surface area contributed by atoms with Gasteiger partial charge in [0.15, 0.2) is 5.78 Å². The first-order valence-corrected chi connectivity index (χ1v) is 7.34. The van der Waals surface area contributed by atoms with Gasteiger partial charge in [0.1, 0.15) is 5.92 Å². The van der Waals surface area contributed by atoms with Crippen LogP contribution in [0.5, 0.6) is 0 Å². The molecule has 1 saturated heterocycles. The molecule has 1 heterocycles. The number of nitrogens with zero attached hydrogens (tertiary/aromatic N) is 2. The number of carbonyl (C=O) groups is 2. The predicted molar refractivity (Wildman–Crippen MR) is 79.0 cm³/mol. The van der Waals surface area contributed by atoms with Crippen LogP contribution in [-0.4, -0.2) is 18.2 Å². The molecule has 2 unspecified atom stereocenters. The Morgan fingerprint density at radius 1 is 1.50 bits per heavy atom. The van der Waals surface area contributed by atoms with Gasteiger partial charge in [-0.05, 0) is 47.8 Å². The Hall–Kier alpha value is -1.67. The molecule has 2 atom stereocenters. The molecule has 1 amide bonds. The Balaban J connectivity index is 2.26. The Morgan fingerprint density at radius 3 is 2.85 bits per heavy atom. The number of ketones is 1. The fourth-order valence-corrected chi connectivity index (χ4v) is 2.91. The molecule has 104 valence electrons. The number of nitriles is 1. The summed E-state index contributed by atoms with van der Waals surface area (Å²) in [5.74, 6) is -1.89. The Kier molecular flexibility index (Phi) is 4.56. The second-order valence-electron chi connectivity index (χ2n) is 4.89. The highest BCUT2D eigenvalue weighted by Gasteiger charge is 2.37. The SMILES string of the molecule is CC(C#N)C(=O)C1CCCN(c2ccccc2Br)C1=O. The lowest BCUT2D eigenvalue weighted by molar-refractivity contribution is -0.135. The van der Waals surface area contributed by atoms with Crippen LogP contribution in [0.25, 0.3) is 0 Å². The first-order valence-electron chi connectivity index (χ1n) is 6.55. The summed E-state index contributed by atoms with van der Waals surface area (Å²) in [7, 11) is 0. The van der Waals surface area contributed by atoms with Crippen molar-refractivity contribution >= 4 is 33.3 Å². The van der Waals surface area contributed by atoms with Gasteiger partial charge in [0.25, 0.3) is 0 Å². The van der Waals surface area contributed by atoms with E-state index < -0.39 is 11.8 Å². The van der Waals surface area contributed by atoms with Gasteiger partial charge in [-0.15, -0.1) is 0 Å². The largest absolute Gasteiger partial charge is 0.311 e. The van der Waals surface area contributed by atoms with Gasteiger partial charge < -0.3 is 4.90 Å². The zero-order valence-electron chi connectivity index (χ0n) is 11.2. The predicted octanol–water partition coefficient (Wildman–Crippen LogP) is 2.92. The molecule has 1 aromatic rings. The van der Waals surface area contributed by atoms with Crippen LogP contribution in [-0.2, 0) is 9.59 Å². The summed E-state index contributed by atoms with van der Waals surface area (Å²) >= 11 is 3.43. The molecule has 4 nitrogen and oxygen atoms in total. The number of rotatable bonds is 3. The third-order valence-electron chi connectivity index (χ3n) is 3.55. The maximum Gasteiger partial charge on any atom is 0.237 e. The van der Waals surface area contributed by atoms with Gasteiger partial charge in [-0.3, -0.25) is 9.59 Å². The van der Waals surface area contributed by atoms with Gasteiger partial charge in [0, 0.05) is 11.0 Å². The van der Waals surface area contributed by atoms with Gasteiger partial charge in [0.05, 0.1) is 17.7 Å². The summed E-state index contributed by atoms with van der Waals surface area (Å²) in [5.41, 5.74) is 0.777. The van der Waals surface area contributed by atoms with Gasteiger partial charge in [-0.2, -0.15) is 5.26 Å². The quantitative estimate of drug-likeness (QED) is 0.798. The van der Waals surface area contributed by atoms with Crippen molar-refractivity contribution in [1.82, 2.24) is 0 Å². The van der Waals surface area contributed by atoms with Crippen molar-refractivity contribution in [2.45, 2.75) is 19.8 Å². The molecule has 0 spiro atoms. The average Bonchev–Trinajstić information content (AvgIpc) is 2.47. The van der Waals surface area contributed by atoms with Crippen LogP contribution in [0, 0.1) is 23.2 Å². The van der Waals surface area contributed by atoms with E-state index >= 15 is 0 Å². The van der Waals surface area contributed by atoms with E-state index in [9.17, 15) is 9.59 Å². The number of piperidine rings is 1. The van der Waals surface area contributed by atoms with Crippen molar-refractivity contribution in [1.29, 1.82) is 5.26 Å². The molecule has 0 saturated carbocycles. The van der Waals surface area contributed by atoms with Crippen molar-refractivity contribution in [3.8, 4) is 6.07 Å². The fraction of sp³-hybridized carbons (Fsp3) is 0.400. The first-order chi connectivity index (χ1) is 9.56. The monoisotopic (exact) mass is 334 g/mol. The van der Waals surface area contributed by atoms with Gasteiger partial charge >= 0.3 is 0 Å². The minimum atomic E-state index is -0.733. The lowest BCUT2D eigenvalue weighted by Crippen LogP contribution is -2.45. The molecule has 0 bridgehead atoms. The van der Waals surface area contributed by atoms with Gasteiger partial charge in [-0.25, -0.2) is 0 Å². The maximum atomic E-state index is 12.5. The highest BCUT2D eigenvalue weighted by molar-refractivity contribution is 9.10. The Labute approximate surface area is 126 Å². The third-order valence-corrected chi connectivity index (χ3v) is 4.22. The standard InChI is InChI=1S/C15H15BrN2O2/c1-10(9-17)14(19)11-5-4-8-18(15(11)20)13-7-3-2-6-12(13)16/h2-3,6-7,10-11H,4-5,8H2,1H3. The van der Waals surface area contributed by atoms with E-state index in [1.165, 1.54) is 0 Å². The van der Waals surface area contributed by atoms with Crippen molar-refractivity contribution in [2.75, 3.05) is 11.4 Å². The molecular weight excluding hydrogens is 320 g/mol. The summed E-state index contributed by atoms with van der Waals surface area (Å²) in [6.45, 7) is 2.15. The Morgan fingerprint density at radius 2 is 2.20 bits per heavy atom. The van der Waals surface area contributed by atoms with E-state index in [0.717, 1.165) is 16.6 Å². The normalized spacial score (nSPS) is 20.4. The number of carbonyl (C=O) groups excluding carboxylic acids is 2. The van der Waals surface area contributed by atoms with E-state index in [1.54, 1.807) is 11.8 Å². The average molecular weight is 335 g/mol. The topological polar surface area (TPSA) is 61.2 Å². The van der Waals surface area contributed by atoms with E-state index in [1.807, 2.05) is 30.3 Å². The lowest BCUT2D eigenvalue weighted by Gasteiger charge is -2.32. The molecule has 1 aliphatic heterocycles. The number of para-hydroxylation sites is 1. The maximum absolute atomic E-state index is 12.5. The summed E-state index contributed by atoms with van der Waals surface area (Å²) in [5, 5.41) is 8.85. The Bertz CT molecular complexity index is 579. The van der Waals surface area contributed by atoms with Crippen LogP contribution in [0.3, 0.4) is 0 Å². The second-order valence-corrected chi connectivity index (χ2v) is 5.74. The molecule has 0 aliphatic carbocycles. The summed E-state index contributed by atoms with van der Waals surface area (Å²) in [4.78, 5) is 26.3. The number of hydrogen-bond donors (Lipinski definition) is 0. The highest BCUT2D eigenvalue weighted by atomic mass is 79.9. The van der Waals surface area contributed by atoms with Gasteiger partial charge in [0.2, 0.25) is 5.91 Å². The molecule has 5 heteroatoms. The number of Topliss-reactive ketones (excluding diaryl/α,β-unsaturated/α-hetero) is 1. The number of hydrogen-bond acceptors (Lipinski definition) is 3. The molecule has 20 heavy (non-hydrogen) atoms. The summed E-state index contributed by atoms with van der Waals surface area (Å²) < 4.78 is 0.829. The third kappa shape index (κ3) is 2.75. The van der Waals surface area contributed by atoms with Crippen molar-refractivity contribution in [2.24, 2.45) is 11.8 Å². The van der Waals surface area contributed by atoms with E-state index in [2.05, 4.69) is 15.9 Å². The van der Waals surface area contributed by atoms with Crippen molar-refractivity contribution in [3.63, 3.8) is 0 Å². The van der Waals surface area contributed by atoms with Crippen molar-refractivity contribution in [3.05, 3.63) is 28.7 Å². The summed E-state index contributed by atoms with van der Waals surface area (Å²) in [6, 6.07) is 9.37. The molecule has 0 radical (unpaired) electrons. The number of anilines is 1. The highest BCUT2D eigenvalue weighted by Crippen LogP contribution is 2.31. The second kappa shape index (κ2) is 6.19. The van der Waals surface area contributed by atoms with E-state index in [-0.39, 0.29) is 11.7 Å². The molecule has 1 aliphatic rings. The molecular formula is C15H15BrN2O2. The lowest BCUT2D eigenvalue weighted by atomic mass is 9.87. The minimum Gasteiger partial charge on any atom is -0.311 e. The smallest absolute Gasteiger partial charge is 0.237 e. The van der Waals surface area contributed by atoms with Crippen molar-refractivity contribution < 1.29 is 9.59 Å². The minimum absolute atomic E-state index is 0.199. The molecule has 0 N–H and O–H groups in total. The zero-order valence-corrected chi connectivity index (χ0v) is 12.8. The van der Waals surface area contributed by atoms with Crippen LogP contribution >= 0.6 is 15.9 Å². The summed E-state index contributed by atoms with van der Waals surface area (Å²) in [6.07, 6.45) is 1.30. The van der Waals surface area contributed by atoms with Crippen LogP contribution in [0.15, 0.2) is 28.7 Å². The van der Waals surface area contributed by atoms with Crippen LogP contribution in [0.1, 0.15) is 19.8 Å².